The van der Waals surface area contributed by atoms with Crippen LogP contribution in [0.15, 0.2) is 0 Å². The van der Waals surface area contributed by atoms with Gasteiger partial charge in [0.25, 0.3) is 0 Å². The van der Waals surface area contributed by atoms with E-state index in [4.69, 9.17) is 4.74 Å². The van der Waals surface area contributed by atoms with Gasteiger partial charge in [-0.25, -0.2) is 0 Å². The Morgan fingerprint density at radius 2 is 1.94 bits per heavy atom. The molecule has 0 radical (unpaired) electrons. The van der Waals surface area contributed by atoms with Gasteiger partial charge in [0.2, 0.25) is 0 Å². The molecule has 0 heterocycles. The predicted octanol–water partition coefficient (Wildman–Crippen LogP) is 3.50. The van der Waals surface area contributed by atoms with Gasteiger partial charge in [0.05, 0.1) is 12.2 Å². The van der Waals surface area contributed by atoms with Gasteiger partial charge >= 0.3 is 0 Å². The summed E-state index contributed by atoms with van der Waals surface area (Å²) >= 11 is 0. The van der Waals surface area contributed by atoms with Crippen molar-refractivity contribution in [3.05, 3.63) is 0 Å². The van der Waals surface area contributed by atoms with E-state index in [2.05, 4.69) is 46.0 Å². The summed E-state index contributed by atoms with van der Waals surface area (Å²) in [4.78, 5) is 0. The SMILES string of the molecule is CCCNC(C#N)(CC)CCCOC(C)C(C)C. The first-order valence-corrected chi connectivity index (χ1v) is 7.29. The van der Waals surface area contributed by atoms with Crippen LogP contribution in [0.4, 0.5) is 0 Å². The first kappa shape index (κ1) is 17.4. The van der Waals surface area contributed by atoms with Crippen LogP contribution in [0.1, 0.15) is 60.3 Å². The van der Waals surface area contributed by atoms with Gasteiger partial charge in [0.15, 0.2) is 0 Å². The Labute approximate surface area is 113 Å². The van der Waals surface area contributed by atoms with Gasteiger partial charge in [-0.2, -0.15) is 5.26 Å². The molecule has 0 aliphatic carbocycles. The second-order valence-electron chi connectivity index (χ2n) is 5.40. The van der Waals surface area contributed by atoms with Gasteiger partial charge in [-0.15, -0.1) is 0 Å². The van der Waals surface area contributed by atoms with Gasteiger partial charge in [0, 0.05) is 6.61 Å². The second-order valence-corrected chi connectivity index (χ2v) is 5.40. The van der Waals surface area contributed by atoms with Gasteiger partial charge in [-0.05, 0) is 45.1 Å². The molecule has 1 N–H and O–H groups in total. The molecule has 3 heteroatoms. The zero-order chi connectivity index (χ0) is 14.0. The van der Waals surface area contributed by atoms with E-state index < -0.39 is 0 Å². The highest BCUT2D eigenvalue weighted by Gasteiger charge is 2.26. The zero-order valence-electron chi connectivity index (χ0n) is 12.8. The fourth-order valence-corrected chi connectivity index (χ4v) is 1.76. The van der Waals surface area contributed by atoms with Crippen LogP contribution in [0.2, 0.25) is 0 Å². The Morgan fingerprint density at radius 3 is 2.39 bits per heavy atom. The minimum absolute atomic E-state index is 0.298. The maximum absolute atomic E-state index is 9.35. The molecule has 0 aromatic rings. The van der Waals surface area contributed by atoms with E-state index in [1.807, 2.05) is 0 Å². The standard InChI is InChI=1S/C15H30N2O/c1-6-10-17-15(7-2,12-16)9-8-11-18-14(5)13(3)4/h13-14,17H,6-11H2,1-5H3. The monoisotopic (exact) mass is 254 g/mol. The average molecular weight is 254 g/mol. The molecule has 0 aliphatic heterocycles. The van der Waals surface area contributed by atoms with Crippen molar-refractivity contribution in [2.24, 2.45) is 5.92 Å². The van der Waals surface area contributed by atoms with Gasteiger partial charge in [0.1, 0.15) is 5.54 Å². The summed E-state index contributed by atoms with van der Waals surface area (Å²) in [5, 5.41) is 12.7. The van der Waals surface area contributed by atoms with Crippen LogP contribution >= 0.6 is 0 Å². The lowest BCUT2D eigenvalue weighted by Crippen LogP contribution is -2.44. The number of hydrogen-bond acceptors (Lipinski definition) is 3. The molecule has 0 bridgehead atoms. The molecule has 0 saturated heterocycles. The lowest BCUT2D eigenvalue weighted by molar-refractivity contribution is 0.0312. The highest BCUT2D eigenvalue weighted by Crippen LogP contribution is 2.17. The summed E-state index contributed by atoms with van der Waals surface area (Å²) in [6.07, 6.45) is 4.01. The van der Waals surface area contributed by atoms with E-state index in [0.29, 0.717) is 12.0 Å². The fourth-order valence-electron chi connectivity index (χ4n) is 1.76. The van der Waals surface area contributed by atoms with Crippen molar-refractivity contribution >= 4 is 0 Å². The third-order valence-corrected chi connectivity index (χ3v) is 3.60. The molecular formula is C15H30N2O. The molecule has 18 heavy (non-hydrogen) atoms. The Morgan fingerprint density at radius 1 is 1.28 bits per heavy atom. The molecule has 0 aliphatic rings. The minimum atomic E-state index is -0.361. The Balaban J connectivity index is 4.01. The lowest BCUT2D eigenvalue weighted by Gasteiger charge is -2.27. The van der Waals surface area contributed by atoms with Crippen molar-refractivity contribution in [1.82, 2.24) is 5.32 Å². The zero-order valence-corrected chi connectivity index (χ0v) is 12.8. The first-order chi connectivity index (χ1) is 8.51. The van der Waals surface area contributed by atoms with Crippen molar-refractivity contribution in [2.45, 2.75) is 71.9 Å². The quantitative estimate of drug-likeness (QED) is 0.607. The van der Waals surface area contributed by atoms with Crippen molar-refractivity contribution in [3.8, 4) is 6.07 Å². The molecule has 0 spiro atoms. The number of nitriles is 1. The topological polar surface area (TPSA) is 45.0 Å². The minimum Gasteiger partial charge on any atom is -0.378 e. The van der Waals surface area contributed by atoms with E-state index >= 15 is 0 Å². The van der Waals surface area contributed by atoms with E-state index in [0.717, 1.165) is 38.8 Å². The summed E-state index contributed by atoms with van der Waals surface area (Å²) in [5.41, 5.74) is -0.361. The number of hydrogen-bond donors (Lipinski definition) is 1. The third-order valence-electron chi connectivity index (χ3n) is 3.60. The molecule has 2 atom stereocenters. The van der Waals surface area contributed by atoms with E-state index in [-0.39, 0.29) is 5.54 Å². The Hall–Kier alpha value is -0.590. The second kappa shape index (κ2) is 9.35. The van der Waals surface area contributed by atoms with Crippen LogP contribution in [0.3, 0.4) is 0 Å². The van der Waals surface area contributed by atoms with Gasteiger partial charge < -0.3 is 4.74 Å². The highest BCUT2D eigenvalue weighted by molar-refractivity contribution is 5.06. The molecule has 0 rings (SSSR count). The van der Waals surface area contributed by atoms with E-state index in [1.54, 1.807) is 0 Å². The highest BCUT2D eigenvalue weighted by atomic mass is 16.5. The predicted molar refractivity (Wildman–Crippen MR) is 76.4 cm³/mol. The first-order valence-electron chi connectivity index (χ1n) is 7.29. The molecule has 0 amide bonds. The summed E-state index contributed by atoms with van der Waals surface area (Å²) in [7, 11) is 0. The van der Waals surface area contributed by atoms with E-state index in [9.17, 15) is 5.26 Å². The molecule has 106 valence electrons. The van der Waals surface area contributed by atoms with Crippen LogP contribution in [-0.2, 0) is 4.74 Å². The lowest BCUT2D eigenvalue weighted by atomic mass is 9.92. The number of ether oxygens (including phenoxy) is 1. The summed E-state index contributed by atoms with van der Waals surface area (Å²) in [5.74, 6) is 0.551. The average Bonchev–Trinajstić information content (AvgIpc) is 2.38. The Kier molecular flexibility index (Phi) is 9.05. The molecule has 0 aromatic carbocycles. The third kappa shape index (κ3) is 6.37. The maximum atomic E-state index is 9.35. The number of nitrogens with one attached hydrogen (secondary N) is 1. The number of nitrogens with zero attached hydrogens (tertiary/aromatic N) is 1. The van der Waals surface area contributed by atoms with E-state index in [1.165, 1.54) is 0 Å². The van der Waals surface area contributed by atoms with Crippen LogP contribution in [0.25, 0.3) is 0 Å². The molecule has 0 fully saturated rings. The van der Waals surface area contributed by atoms with Crippen molar-refractivity contribution in [3.63, 3.8) is 0 Å². The van der Waals surface area contributed by atoms with Crippen LogP contribution in [0.5, 0.6) is 0 Å². The van der Waals surface area contributed by atoms with Crippen LogP contribution in [0, 0.1) is 17.2 Å². The summed E-state index contributed by atoms with van der Waals surface area (Å²) < 4.78 is 5.76. The number of rotatable bonds is 10. The molecule has 0 aromatic heterocycles. The molecule has 0 saturated carbocycles. The summed E-state index contributed by atoms with van der Waals surface area (Å²) in [6.45, 7) is 12.3. The van der Waals surface area contributed by atoms with Gasteiger partial charge in [-0.1, -0.05) is 27.7 Å². The maximum Gasteiger partial charge on any atom is 0.106 e. The largest absolute Gasteiger partial charge is 0.378 e. The fraction of sp³-hybridized carbons (Fsp3) is 0.933. The van der Waals surface area contributed by atoms with Crippen molar-refractivity contribution < 1.29 is 4.74 Å². The van der Waals surface area contributed by atoms with Gasteiger partial charge in [-0.3, -0.25) is 5.32 Å². The molecular weight excluding hydrogens is 224 g/mol. The summed E-state index contributed by atoms with van der Waals surface area (Å²) in [6, 6.07) is 2.44. The smallest absolute Gasteiger partial charge is 0.106 e. The molecule has 3 nitrogen and oxygen atoms in total. The van der Waals surface area contributed by atoms with Crippen molar-refractivity contribution in [2.75, 3.05) is 13.2 Å². The normalized spacial score (nSPS) is 16.3. The van der Waals surface area contributed by atoms with Crippen molar-refractivity contribution in [1.29, 1.82) is 5.26 Å². The van der Waals surface area contributed by atoms with Crippen LogP contribution in [-0.4, -0.2) is 24.8 Å². The van der Waals surface area contributed by atoms with Crippen LogP contribution < -0.4 is 5.32 Å². The Bertz CT molecular complexity index is 247. The molecule has 2 unspecified atom stereocenters.